The van der Waals surface area contributed by atoms with Crippen LogP contribution in [-0.2, 0) is 17.8 Å². The lowest BCUT2D eigenvalue weighted by atomic mass is 10.1. The lowest BCUT2D eigenvalue weighted by Crippen LogP contribution is -2.46. The first-order valence-electron chi connectivity index (χ1n) is 10.6. The van der Waals surface area contributed by atoms with E-state index < -0.39 is 5.60 Å². The van der Waals surface area contributed by atoms with Gasteiger partial charge in [0.15, 0.2) is 5.60 Å². The number of hydrogen-bond acceptors (Lipinski definition) is 3. The number of rotatable bonds is 9. The Morgan fingerprint density at radius 3 is 1.94 bits per heavy atom. The fraction of sp³-hybridized carbons (Fsp3) is 0.231. The molecule has 0 unspecified atom stereocenters. The Bertz CT molecular complexity index is 1080. The van der Waals surface area contributed by atoms with E-state index in [0.717, 1.165) is 11.1 Å². The van der Waals surface area contributed by atoms with Crippen molar-refractivity contribution in [1.29, 1.82) is 0 Å². The first-order valence-corrected chi connectivity index (χ1v) is 11.3. The minimum absolute atomic E-state index is 0.141. The SMILES string of the molecule is CC(C)(Oc1ccc(CCNC(=O)c2ccc(Cl)cc2)cc1)C(=O)NCc1ccc(Cl)cc1. The molecule has 7 heteroatoms. The van der Waals surface area contributed by atoms with Gasteiger partial charge in [0.1, 0.15) is 5.75 Å². The van der Waals surface area contributed by atoms with Crippen molar-refractivity contribution in [2.45, 2.75) is 32.4 Å². The molecule has 0 saturated carbocycles. The van der Waals surface area contributed by atoms with E-state index in [4.69, 9.17) is 27.9 Å². The van der Waals surface area contributed by atoms with Crippen molar-refractivity contribution < 1.29 is 14.3 Å². The number of amides is 2. The number of carbonyl (C=O) groups excluding carboxylic acids is 2. The molecular formula is C26H26Cl2N2O3. The molecule has 0 heterocycles. The van der Waals surface area contributed by atoms with Gasteiger partial charge in [-0.05, 0) is 79.9 Å². The molecule has 3 aromatic rings. The maximum atomic E-state index is 12.6. The molecule has 2 amide bonds. The van der Waals surface area contributed by atoms with Gasteiger partial charge in [0.25, 0.3) is 11.8 Å². The maximum absolute atomic E-state index is 12.6. The number of nitrogens with one attached hydrogen (secondary N) is 2. The van der Waals surface area contributed by atoms with Crippen LogP contribution in [0.2, 0.25) is 10.0 Å². The summed E-state index contributed by atoms with van der Waals surface area (Å²) >= 11 is 11.7. The summed E-state index contributed by atoms with van der Waals surface area (Å²) in [5, 5.41) is 7.03. The lowest BCUT2D eigenvalue weighted by molar-refractivity contribution is -0.134. The Morgan fingerprint density at radius 1 is 0.788 bits per heavy atom. The molecule has 5 nitrogen and oxygen atoms in total. The van der Waals surface area contributed by atoms with Crippen LogP contribution in [0.4, 0.5) is 0 Å². The molecular weight excluding hydrogens is 459 g/mol. The van der Waals surface area contributed by atoms with Gasteiger partial charge in [-0.15, -0.1) is 0 Å². The van der Waals surface area contributed by atoms with Crippen molar-refractivity contribution in [3.05, 3.63) is 99.5 Å². The average Bonchev–Trinajstić information content (AvgIpc) is 2.80. The smallest absolute Gasteiger partial charge is 0.263 e. The van der Waals surface area contributed by atoms with E-state index in [1.165, 1.54) is 0 Å². The van der Waals surface area contributed by atoms with Crippen LogP contribution in [0.3, 0.4) is 0 Å². The number of halogens is 2. The molecule has 3 aromatic carbocycles. The minimum Gasteiger partial charge on any atom is -0.478 e. The Morgan fingerprint density at radius 2 is 1.33 bits per heavy atom. The number of benzene rings is 3. The summed E-state index contributed by atoms with van der Waals surface area (Å²) in [6, 6.07) is 21.6. The highest BCUT2D eigenvalue weighted by Gasteiger charge is 2.29. The summed E-state index contributed by atoms with van der Waals surface area (Å²) in [6.07, 6.45) is 0.671. The highest BCUT2D eigenvalue weighted by Crippen LogP contribution is 2.20. The molecule has 0 bridgehead atoms. The van der Waals surface area contributed by atoms with Crippen LogP contribution in [0.1, 0.15) is 35.3 Å². The molecule has 0 atom stereocenters. The molecule has 0 spiro atoms. The molecule has 0 aliphatic heterocycles. The van der Waals surface area contributed by atoms with Crippen molar-refractivity contribution >= 4 is 35.0 Å². The predicted molar refractivity (Wildman–Crippen MR) is 132 cm³/mol. The number of hydrogen-bond donors (Lipinski definition) is 2. The topological polar surface area (TPSA) is 67.4 Å². The second-order valence-corrected chi connectivity index (χ2v) is 8.95. The third-order valence-electron chi connectivity index (χ3n) is 5.02. The molecule has 33 heavy (non-hydrogen) atoms. The molecule has 0 aliphatic rings. The van der Waals surface area contributed by atoms with Crippen LogP contribution in [0, 0.1) is 0 Å². The normalized spacial score (nSPS) is 11.0. The van der Waals surface area contributed by atoms with Crippen molar-refractivity contribution in [2.75, 3.05) is 6.54 Å². The Hall–Kier alpha value is -3.02. The molecule has 0 saturated heterocycles. The number of ether oxygens (including phenoxy) is 1. The van der Waals surface area contributed by atoms with Gasteiger partial charge in [-0.3, -0.25) is 9.59 Å². The fourth-order valence-electron chi connectivity index (χ4n) is 3.09. The third kappa shape index (κ3) is 7.52. The van der Waals surface area contributed by atoms with E-state index in [1.54, 1.807) is 50.2 Å². The van der Waals surface area contributed by atoms with Crippen molar-refractivity contribution in [3.8, 4) is 5.75 Å². The van der Waals surface area contributed by atoms with Gasteiger partial charge >= 0.3 is 0 Å². The van der Waals surface area contributed by atoms with Crippen LogP contribution in [0.15, 0.2) is 72.8 Å². The Labute approximate surface area is 204 Å². The van der Waals surface area contributed by atoms with Gasteiger partial charge in [0.2, 0.25) is 0 Å². The maximum Gasteiger partial charge on any atom is 0.263 e. The zero-order valence-electron chi connectivity index (χ0n) is 18.5. The van der Waals surface area contributed by atoms with Gasteiger partial charge in [0.05, 0.1) is 0 Å². The van der Waals surface area contributed by atoms with Crippen LogP contribution >= 0.6 is 23.2 Å². The Kier molecular flexibility index (Phi) is 8.37. The molecule has 3 rings (SSSR count). The molecule has 0 aliphatic carbocycles. The average molecular weight is 485 g/mol. The quantitative estimate of drug-likeness (QED) is 0.424. The summed E-state index contributed by atoms with van der Waals surface area (Å²) < 4.78 is 5.92. The van der Waals surface area contributed by atoms with Crippen molar-refractivity contribution in [1.82, 2.24) is 10.6 Å². The van der Waals surface area contributed by atoms with E-state index in [-0.39, 0.29) is 11.8 Å². The monoisotopic (exact) mass is 484 g/mol. The summed E-state index contributed by atoms with van der Waals surface area (Å²) in [5.74, 6) is 0.236. The second kappa shape index (κ2) is 11.2. The molecule has 2 N–H and O–H groups in total. The van der Waals surface area contributed by atoms with Crippen LogP contribution in [0.25, 0.3) is 0 Å². The van der Waals surface area contributed by atoms with Gasteiger partial charge < -0.3 is 15.4 Å². The highest BCUT2D eigenvalue weighted by atomic mass is 35.5. The summed E-state index contributed by atoms with van der Waals surface area (Å²) in [7, 11) is 0. The number of carbonyl (C=O) groups is 2. The minimum atomic E-state index is -1.04. The highest BCUT2D eigenvalue weighted by molar-refractivity contribution is 6.30. The van der Waals surface area contributed by atoms with E-state index in [1.807, 2.05) is 36.4 Å². The molecule has 172 valence electrons. The van der Waals surface area contributed by atoms with Crippen molar-refractivity contribution in [3.63, 3.8) is 0 Å². The molecule has 0 fully saturated rings. The van der Waals surface area contributed by atoms with E-state index in [0.29, 0.717) is 40.9 Å². The van der Waals surface area contributed by atoms with E-state index in [9.17, 15) is 9.59 Å². The second-order valence-electron chi connectivity index (χ2n) is 8.08. The standard InChI is InChI=1S/C26H26Cl2N2O3/c1-26(2,25(32)30-17-19-3-9-21(27)10-4-19)33-23-13-5-18(6-14-23)15-16-29-24(31)20-7-11-22(28)12-8-20/h3-14H,15-17H2,1-2H3,(H,29,31)(H,30,32). The van der Waals surface area contributed by atoms with Gasteiger partial charge in [-0.25, -0.2) is 0 Å². The van der Waals surface area contributed by atoms with Gasteiger partial charge in [0, 0.05) is 28.7 Å². The lowest BCUT2D eigenvalue weighted by Gasteiger charge is -2.25. The van der Waals surface area contributed by atoms with Gasteiger partial charge in [-0.1, -0.05) is 47.5 Å². The van der Waals surface area contributed by atoms with Crippen LogP contribution < -0.4 is 15.4 Å². The van der Waals surface area contributed by atoms with Crippen LogP contribution in [0.5, 0.6) is 5.75 Å². The van der Waals surface area contributed by atoms with Crippen LogP contribution in [-0.4, -0.2) is 24.0 Å². The first kappa shape index (κ1) is 24.6. The summed E-state index contributed by atoms with van der Waals surface area (Å²) in [4.78, 5) is 24.8. The van der Waals surface area contributed by atoms with Gasteiger partial charge in [-0.2, -0.15) is 0 Å². The fourth-order valence-corrected chi connectivity index (χ4v) is 3.34. The van der Waals surface area contributed by atoms with E-state index >= 15 is 0 Å². The zero-order chi connectivity index (χ0) is 23.8. The summed E-state index contributed by atoms with van der Waals surface area (Å²) in [6.45, 7) is 4.35. The zero-order valence-corrected chi connectivity index (χ0v) is 20.0. The third-order valence-corrected chi connectivity index (χ3v) is 5.52. The Balaban J connectivity index is 1.46. The molecule has 0 radical (unpaired) electrons. The summed E-state index contributed by atoms with van der Waals surface area (Å²) in [5.41, 5.74) is 1.53. The molecule has 0 aromatic heterocycles. The van der Waals surface area contributed by atoms with E-state index in [2.05, 4.69) is 10.6 Å². The van der Waals surface area contributed by atoms with Crippen molar-refractivity contribution in [2.24, 2.45) is 0 Å². The predicted octanol–water partition coefficient (Wildman–Crippen LogP) is 5.44. The first-order chi connectivity index (χ1) is 15.7. The largest absolute Gasteiger partial charge is 0.478 e.